The smallest absolute Gasteiger partial charge is 0.209 e. The number of hydrogen-bond acceptors (Lipinski definition) is 7. The fourth-order valence-electron chi connectivity index (χ4n) is 3.61. The van der Waals surface area contributed by atoms with Crippen molar-refractivity contribution in [3.8, 4) is 0 Å². The first kappa shape index (κ1) is 18.5. The molecule has 0 spiro atoms. The van der Waals surface area contributed by atoms with E-state index in [2.05, 4.69) is 61.3 Å². The Bertz CT molecular complexity index is 781. The number of anilines is 4. The number of likely N-dealkylation sites (N-methyl/N-ethyl adjacent to an activating group) is 1. The summed E-state index contributed by atoms with van der Waals surface area (Å²) >= 11 is 0. The van der Waals surface area contributed by atoms with Crippen LogP contribution >= 0.6 is 0 Å². The van der Waals surface area contributed by atoms with Crippen molar-refractivity contribution in [3.63, 3.8) is 0 Å². The zero-order valence-electron chi connectivity index (χ0n) is 16.3. The average molecular weight is 381 g/mol. The van der Waals surface area contributed by atoms with Crippen molar-refractivity contribution in [3.05, 3.63) is 36.7 Å². The summed E-state index contributed by atoms with van der Waals surface area (Å²) in [6.07, 6.45) is 2.50. The molecule has 0 unspecified atom stereocenters. The molecule has 0 bridgehead atoms. The molecule has 2 aliphatic heterocycles. The van der Waals surface area contributed by atoms with Crippen LogP contribution < -0.4 is 15.1 Å². The lowest BCUT2D eigenvalue weighted by molar-refractivity contribution is -0.118. The molecule has 8 nitrogen and oxygen atoms in total. The third-order valence-electron chi connectivity index (χ3n) is 5.45. The SMILES string of the molecule is CN1CCN(c2ccc(Nc3cc(N4CCN(C=O)CC4)ncn3)cc2)CC1. The highest BCUT2D eigenvalue weighted by atomic mass is 16.1. The Hall–Kier alpha value is -2.87. The molecule has 0 atom stereocenters. The molecule has 2 saturated heterocycles. The summed E-state index contributed by atoms with van der Waals surface area (Å²) in [6.45, 7) is 7.36. The molecule has 2 fully saturated rings. The number of nitrogens with zero attached hydrogens (tertiary/aromatic N) is 6. The predicted octanol–water partition coefficient (Wildman–Crippen LogP) is 1.25. The van der Waals surface area contributed by atoms with Crippen LogP contribution in [0.2, 0.25) is 0 Å². The maximum Gasteiger partial charge on any atom is 0.209 e. The fourth-order valence-corrected chi connectivity index (χ4v) is 3.61. The van der Waals surface area contributed by atoms with Crippen molar-refractivity contribution in [2.24, 2.45) is 0 Å². The first-order chi connectivity index (χ1) is 13.7. The highest BCUT2D eigenvalue weighted by Crippen LogP contribution is 2.23. The van der Waals surface area contributed by atoms with Gasteiger partial charge >= 0.3 is 0 Å². The number of aromatic nitrogens is 2. The monoisotopic (exact) mass is 381 g/mol. The topological polar surface area (TPSA) is 67.8 Å². The zero-order valence-corrected chi connectivity index (χ0v) is 16.3. The second kappa shape index (κ2) is 8.43. The molecule has 3 heterocycles. The van der Waals surface area contributed by atoms with E-state index in [1.165, 1.54) is 5.69 Å². The fraction of sp³-hybridized carbons (Fsp3) is 0.450. The van der Waals surface area contributed by atoms with Gasteiger partial charge in [-0.1, -0.05) is 0 Å². The van der Waals surface area contributed by atoms with Gasteiger partial charge in [-0.3, -0.25) is 4.79 Å². The van der Waals surface area contributed by atoms with Gasteiger partial charge in [0, 0.05) is 69.8 Å². The number of rotatable bonds is 5. The number of carbonyl (C=O) groups is 1. The Morgan fingerprint density at radius 2 is 1.57 bits per heavy atom. The minimum atomic E-state index is 0.726. The molecule has 0 saturated carbocycles. The Kier molecular flexibility index (Phi) is 5.57. The molecule has 1 N–H and O–H groups in total. The molecule has 2 aliphatic rings. The molecule has 1 amide bonds. The lowest BCUT2D eigenvalue weighted by atomic mass is 10.2. The highest BCUT2D eigenvalue weighted by Gasteiger charge is 2.17. The van der Waals surface area contributed by atoms with Crippen LogP contribution in [0.25, 0.3) is 0 Å². The first-order valence-electron chi connectivity index (χ1n) is 9.78. The van der Waals surface area contributed by atoms with E-state index in [9.17, 15) is 4.79 Å². The number of hydrogen-bond donors (Lipinski definition) is 1. The van der Waals surface area contributed by atoms with Gasteiger partial charge in [-0.2, -0.15) is 0 Å². The number of carbonyl (C=O) groups excluding carboxylic acids is 1. The minimum absolute atomic E-state index is 0.726. The van der Waals surface area contributed by atoms with E-state index in [0.29, 0.717) is 0 Å². The largest absolute Gasteiger partial charge is 0.369 e. The van der Waals surface area contributed by atoms with E-state index in [1.54, 1.807) is 11.2 Å². The summed E-state index contributed by atoms with van der Waals surface area (Å²) in [5, 5.41) is 3.37. The van der Waals surface area contributed by atoms with Gasteiger partial charge in [-0.25, -0.2) is 9.97 Å². The summed E-state index contributed by atoms with van der Waals surface area (Å²) in [6, 6.07) is 10.5. The number of amides is 1. The third-order valence-corrected chi connectivity index (χ3v) is 5.45. The lowest BCUT2D eigenvalue weighted by Gasteiger charge is -2.34. The normalized spacial score (nSPS) is 18.2. The van der Waals surface area contributed by atoms with Crippen molar-refractivity contribution in [1.29, 1.82) is 0 Å². The van der Waals surface area contributed by atoms with Crippen molar-refractivity contribution in [2.45, 2.75) is 0 Å². The number of nitrogens with one attached hydrogen (secondary N) is 1. The van der Waals surface area contributed by atoms with Gasteiger partial charge in [0.25, 0.3) is 0 Å². The van der Waals surface area contributed by atoms with Gasteiger partial charge in [0.2, 0.25) is 6.41 Å². The van der Waals surface area contributed by atoms with Gasteiger partial charge in [-0.15, -0.1) is 0 Å². The van der Waals surface area contributed by atoms with Crippen LogP contribution in [0.15, 0.2) is 36.7 Å². The van der Waals surface area contributed by atoms with E-state index in [-0.39, 0.29) is 0 Å². The van der Waals surface area contributed by atoms with Gasteiger partial charge < -0.3 is 24.9 Å². The number of piperazine rings is 2. The van der Waals surface area contributed by atoms with Crippen LogP contribution in [0.5, 0.6) is 0 Å². The van der Waals surface area contributed by atoms with Gasteiger partial charge in [-0.05, 0) is 31.3 Å². The average Bonchev–Trinajstić information content (AvgIpc) is 2.75. The summed E-state index contributed by atoms with van der Waals surface area (Å²) in [7, 11) is 2.17. The van der Waals surface area contributed by atoms with Crippen molar-refractivity contribution in [2.75, 3.05) is 74.5 Å². The Morgan fingerprint density at radius 1 is 0.893 bits per heavy atom. The molecule has 4 rings (SSSR count). The van der Waals surface area contributed by atoms with E-state index in [4.69, 9.17) is 0 Å². The van der Waals surface area contributed by atoms with Gasteiger partial charge in [0.1, 0.15) is 18.0 Å². The molecule has 0 radical (unpaired) electrons. The highest BCUT2D eigenvalue weighted by molar-refractivity contribution is 5.63. The molecule has 1 aromatic heterocycles. The Labute approximate surface area is 165 Å². The molecule has 0 aliphatic carbocycles. The van der Waals surface area contributed by atoms with E-state index in [1.807, 2.05) is 6.07 Å². The molecular formula is C20H27N7O. The molecule has 148 valence electrons. The van der Waals surface area contributed by atoms with Crippen molar-refractivity contribution < 1.29 is 4.79 Å². The molecule has 8 heteroatoms. The standard InChI is InChI=1S/C20H27N7O/c1-24-6-10-26(11-7-24)18-4-2-17(3-5-18)23-19-14-20(22-15-21-19)27-12-8-25(16-28)9-13-27/h2-5,14-16H,6-13H2,1H3,(H,21,22,23). The van der Waals surface area contributed by atoms with E-state index < -0.39 is 0 Å². The number of benzene rings is 1. The lowest BCUT2D eigenvalue weighted by Crippen LogP contribution is -2.46. The van der Waals surface area contributed by atoms with Crippen LogP contribution in [-0.4, -0.2) is 85.6 Å². The minimum Gasteiger partial charge on any atom is -0.369 e. The Balaban J connectivity index is 1.38. The summed E-state index contributed by atoms with van der Waals surface area (Å²) in [5.41, 5.74) is 2.27. The van der Waals surface area contributed by atoms with E-state index in [0.717, 1.165) is 76.1 Å². The summed E-state index contributed by atoms with van der Waals surface area (Å²) in [4.78, 5) is 28.4. The maximum absolute atomic E-state index is 10.9. The summed E-state index contributed by atoms with van der Waals surface area (Å²) < 4.78 is 0. The van der Waals surface area contributed by atoms with Crippen LogP contribution in [0.3, 0.4) is 0 Å². The first-order valence-corrected chi connectivity index (χ1v) is 9.78. The molecular weight excluding hydrogens is 354 g/mol. The second-order valence-corrected chi connectivity index (χ2v) is 7.35. The van der Waals surface area contributed by atoms with Crippen molar-refractivity contribution in [1.82, 2.24) is 19.8 Å². The van der Waals surface area contributed by atoms with E-state index >= 15 is 0 Å². The molecule has 2 aromatic rings. The molecule has 1 aromatic carbocycles. The van der Waals surface area contributed by atoms with Crippen molar-refractivity contribution >= 4 is 29.4 Å². The predicted molar refractivity (Wildman–Crippen MR) is 111 cm³/mol. The third kappa shape index (κ3) is 4.33. The van der Waals surface area contributed by atoms with Crippen LogP contribution in [0.4, 0.5) is 23.0 Å². The quantitative estimate of drug-likeness (QED) is 0.782. The van der Waals surface area contributed by atoms with Gasteiger partial charge in [0.15, 0.2) is 0 Å². The molecule has 28 heavy (non-hydrogen) atoms. The zero-order chi connectivity index (χ0) is 19.3. The maximum atomic E-state index is 10.9. The van der Waals surface area contributed by atoms with Crippen LogP contribution in [0, 0.1) is 0 Å². The van der Waals surface area contributed by atoms with Crippen LogP contribution in [0.1, 0.15) is 0 Å². The second-order valence-electron chi connectivity index (χ2n) is 7.35. The van der Waals surface area contributed by atoms with Crippen LogP contribution in [-0.2, 0) is 4.79 Å². The van der Waals surface area contributed by atoms with Gasteiger partial charge in [0.05, 0.1) is 0 Å². The summed E-state index contributed by atoms with van der Waals surface area (Å²) in [5.74, 6) is 1.66. The Morgan fingerprint density at radius 3 is 2.25 bits per heavy atom.